The lowest BCUT2D eigenvalue weighted by atomic mass is 10.1. The van der Waals surface area contributed by atoms with Crippen LogP contribution in [0.4, 0.5) is 0 Å². The van der Waals surface area contributed by atoms with E-state index in [4.69, 9.17) is 0 Å². The Hall–Kier alpha value is 0.190. The molecular weight excluding hydrogens is 243 g/mol. The van der Waals surface area contributed by atoms with Gasteiger partial charge in [0.2, 0.25) is 7.37 Å². The van der Waals surface area contributed by atoms with Crippen LogP contribution in [0.25, 0.3) is 0 Å². The van der Waals surface area contributed by atoms with Crippen molar-refractivity contribution >= 4 is 7.37 Å². The van der Waals surface area contributed by atoms with Crippen LogP contribution in [0, 0.1) is 0 Å². The summed E-state index contributed by atoms with van der Waals surface area (Å²) >= 11 is 0. The van der Waals surface area contributed by atoms with Gasteiger partial charge >= 0.3 is 0 Å². The van der Waals surface area contributed by atoms with Crippen molar-refractivity contribution in [1.82, 2.24) is 0 Å². The molecule has 0 spiro atoms. The lowest BCUT2D eigenvalue weighted by molar-refractivity contribution is 0.470. The Morgan fingerprint density at radius 3 is 1.50 bits per heavy atom. The van der Waals surface area contributed by atoms with Gasteiger partial charge in [-0.15, -0.1) is 0 Å². The highest BCUT2D eigenvalue weighted by Gasteiger charge is 2.16. The standard InChI is InChI=1S/C15H33O2P/c1-3-5-7-8-9-10-11-13-15-18(16,17)14-12-6-4-2/h3-15H2,1-2H3,(H,16,17). The molecule has 3 heteroatoms. The van der Waals surface area contributed by atoms with E-state index in [-0.39, 0.29) is 0 Å². The molecule has 0 aromatic heterocycles. The monoisotopic (exact) mass is 276 g/mol. The molecule has 0 aliphatic carbocycles. The quantitative estimate of drug-likeness (QED) is 0.352. The molecule has 0 aliphatic rings. The van der Waals surface area contributed by atoms with Crippen LogP contribution in [-0.4, -0.2) is 17.2 Å². The van der Waals surface area contributed by atoms with Crippen LogP contribution in [0.3, 0.4) is 0 Å². The number of hydrogen-bond donors (Lipinski definition) is 1. The van der Waals surface area contributed by atoms with Crippen molar-refractivity contribution in [2.75, 3.05) is 12.3 Å². The topological polar surface area (TPSA) is 37.3 Å². The molecule has 0 aromatic rings. The third-order valence-corrected chi connectivity index (χ3v) is 5.50. The van der Waals surface area contributed by atoms with E-state index < -0.39 is 7.37 Å². The van der Waals surface area contributed by atoms with E-state index >= 15 is 0 Å². The van der Waals surface area contributed by atoms with E-state index in [1.54, 1.807) is 0 Å². The summed E-state index contributed by atoms with van der Waals surface area (Å²) in [5.41, 5.74) is 0. The first kappa shape index (κ1) is 18.2. The van der Waals surface area contributed by atoms with E-state index in [0.717, 1.165) is 32.1 Å². The average molecular weight is 276 g/mol. The van der Waals surface area contributed by atoms with Gasteiger partial charge < -0.3 is 4.89 Å². The van der Waals surface area contributed by atoms with Gasteiger partial charge in [-0.2, -0.15) is 0 Å². The minimum Gasteiger partial charge on any atom is -0.344 e. The Labute approximate surface area is 114 Å². The van der Waals surface area contributed by atoms with Gasteiger partial charge in [0.15, 0.2) is 0 Å². The maximum absolute atomic E-state index is 11.8. The first-order valence-electron chi connectivity index (χ1n) is 7.93. The third kappa shape index (κ3) is 12.6. The number of hydrogen-bond acceptors (Lipinski definition) is 1. The van der Waals surface area contributed by atoms with Crippen LogP contribution in [0.5, 0.6) is 0 Å². The van der Waals surface area contributed by atoms with Gasteiger partial charge in [-0.05, 0) is 12.8 Å². The molecule has 0 heterocycles. The van der Waals surface area contributed by atoms with Crippen LogP contribution in [-0.2, 0) is 4.57 Å². The summed E-state index contributed by atoms with van der Waals surface area (Å²) in [6.07, 6.45) is 14.1. The third-order valence-electron chi connectivity index (χ3n) is 3.47. The first-order chi connectivity index (χ1) is 8.62. The van der Waals surface area contributed by atoms with Gasteiger partial charge in [0.25, 0.3) is 0 Å². The van der Waals surface area contributed by atoms with Crippen LogP contribution in [0.2, 0.25) is 0 Å². The first-order valence-corrected chi connectivity index (χ1v) is 9.96. The molecule has 2 nitrogen and oxygen atoms in total. The van der Waals surface area contributed by atoms with E-state index in [1.165, 1.54) is 38.5 Å². The highest BCUT2D eigenvalue weighted by molar-refractivity contribution is 7.57. The van der Waals surface area contributed by atoms with E-state index in [0.29, 0.717) is 12.3 Å². The molecule has 0 saturated heterocycles. The van der Waals surface area contributed by atoms with Crippen molar-refractivity contribution in [2.24, 2.45) is 0 Å². The normalized spacial score (nSPS) is 14.6. The molecule has 0 aromatic carbocycles. The van der Waals surface area contributed by atoms with Gasteiger partial charge in [0.1, 0.15) is 0 Å². The molecule has 0 aliphatic heterocycles. The van der Waals surface area contributed by atoms with Crippen LogP contribution in [0.1, 0.15) is 84.5 Å². The summed E-state index contributed by atoms with van der Waals surface area (Å²) in [6.45, 7) is 4.36. The van der Waals surface area contributed by atoms with Crippen molar-refractivity contribution < 1.29 is 9.46 Å². The van der Waals surface area contributed by atoms with E-state index in [2.05, 4.69) is 13.8 Å². The van der Waals surface area contributed by atoms with Gasteiger partial charge in [-0.1, -0.05) is 71.6 Å². The average Bonchev–Trinajstić information content (AvgIpc) is 2.33. The Bertz CT molecular complexity index is 217. The maximum Gasteiger partial charge on any atom is 0.200 e. The second-order valence-electron chi connectivity index (χ2n) is 5.48. The molecule has 1 unspecified atom stereocenters. The predicted octanol–water partition coefficient (Wildman–Crippen LogP) is 5.59. The van der Waals surface area contributed by atoms with Crippen LogP contribution >= 0.6 is 7.37 Å². The molecular formula is C15H33O2P. The molecule has 18 heavy (non-hydrogen) atoms. The molecule has 1 atom stereocenters. The second kappa shape index (κ2) is 12.2. The zero-order valence-corrected chi connectivity index (χ0v) is 13.4. The largest absolute Gasteiger partial charge is 0.344 e. The van der Waals surface area contributed by atoms with Crippen molar-refractivity contribution in [3.63, 3.8) is 0 Å². The molecule has 0 rings (SSSR count). The van der Waals surface area contributed by atoms with Crippen molar-refractivity contribution in [1.29, 1.82) is 0 Å². The fraction of sp³-hybridized carbons (Fsp3) is 1.00. The fourth-order valence-electron chi connectivity index (χ4n) is 2.21. The Morgan fingerprint density at radius 2 is 1.00 bits per heavy atom. The highest BCUT2D eigenvalue weighted by Crippen LogP contribution is 2.42. The smallest absolute Gasteiger partial charge is 0.200 e. The number of rotatable bonds is 13. The Kier molecular flexibility index (Phi) is 12.4. The minimum absolute atomic E-state index is 0.539. The van der Waals surface area contributed by atoms with Gasteiger partial charge in [0.05, 0.1) is 0 Å². The SMILES string of the molecule is CCCCCCCCCCP(=O)(O)CCCCC. The maximum atomic E-state index is 11.8. The summed E-state index contributed by atoms with van der Waals surface area (Å²) < 4.78 is 11.8. The molecule has 0 radical (unpaired) electrons. The van der Waals surface area contributed by atoms with Crippen LogP contribution < -0.4 is 0 Å². The van der Waals surface area contributed by atoms with Crippen LogP contribution in [0.15, 0.2) is 0 Å². The zero-order chi connectivity index (χ0) is 13.7. The molecule has 110 valence electrons. The highest BCUT2D eigenvalue weighted by atomic mass is 31.2. The van der Waals surface area contributed by atoms with Crippen molar-refractivity contribution in [3.05, 3.63) is 0 Å². The molecule has 1 N–H and O–H groups in total. The minimum atomic E-state index is -2.79. The lowest BCUT2D eigenvalue weighted by Crippen LogP contribution is -1.95. The van der Waals surface area contributed by atoms with Gasteiger partial charge in [-0.25, -0.2) is 0 Å². The summed E-state index contributed by atoms with van der Waals surface area (Å²) in [6, 6.07) is 0. The summed E-state index contributed by atoms with van der Waals surface area (Å²) in [5, 5.41) is 0. The summed E-state index contributed by atoms with van der Waals surface area (Å²) in [5.74, 6) is 0. The summed E-state index contributed by atoms with van der Waals surface area (Å²) in [7, 11) is -2.79. The zero-order valence-electron chi connectivity index (χ0n) is 12.5. The fourth-order valence-corrected chi connectivity index (χ4v) is 3.87. The molecule has 0 saturated carbocycles. The van der Waals surface area contributed by atoms with Gasteiger partial charge in [0, 0.05) is 12.3 Å². The summed E-state index contributed by atoms with van der Waals surface area (Å²) in [4.78, 5) is 9.77. The van der Waals surface area contributed by atoms with Crippen molar-refractivity contribution in [2.45, 2.75) is 84.5 Å². The predicted molar refractivity (Wildman–Crippen MR) is 81.7 cm³/mol. The molecule has 0 amide bonds. The molecule has 0 bridgehead atoms. The number of unbranched alkanes of at least 4 members (excludes halogenated alkanes) is 9. The molecule has 0 fully saturated rings. The second-order valence-corrected chi connectivity index (χ2v) is 8.06. The Balaban J connectivity index is 3.33. The van der Waals surface area contributed by atoms with E-state index in [9.17, 15) is 9.46 Å². The van der Waals surface area contributed by atoms with E-state index in [1.807, 2.05) is 0 Å². The lowest BCUT2D eigenvalue weighted by Gasteiger charge is -2.10. The van der Waals surface area contributed by atoms with Crippen molar-refractivity contribution in [3.8, 4) is 0 Å². The van der Waals surface area contributed by atoms with Gasteiger partial charge in [-0.3, -0.25) is 4.57 Å². The Morgan fingerprint density at radius 1 is 0.667 bits per heavy atom.